The van der Waals surface area contributed by atoms with Gasteiger partial charge in [-0.15, -0.1) is 0 Å². The predicted octanol–water partition coefficient (Wildman–Crippen LogP) is 0.825. The number of carbonyl (C=O) groups excluding carboxylic acids is 1. The molecule has 1 unspecified atom stereocenters. The van der Waals surface area contributed by atoms with Crippen LogP contribution in [0.3, 0.4) is 0 Å². The van der Waals surface area contributed by atoms with Gasteiger partial charge in [0.15, 0.2) is 0 Å². The number of amides is 1. The van der Waals surface area contributed by atoms with Crippen molar-refractivity contribution in [1.82, 2.24) is 9.88 Å². The molecule has 1 fully saturated rings. The lowest BCUT2D eigenvalue weighted by Gasteiger charge is -2.15. The number of methoxy groups -OCH3 is 1. The highest BCUT2D eigenvalue weighted by Crippen LogP contribution is 2.21. The van der Waals surface area contributed by atoms with Gasteiger partial charge in [0.1, 0.15) is 5.75 Å². The van der Waals surface area contributed by atoms with E-state index < -0.39 is 0 Å². The quantitative estimate of drug-likeness (QED) is 0.840. The minimum Gasteiger partial charge on any atom is -0.506 e. The molecule has 0 aliphatic carbocycles. The number of nitrogens with zero attached hydrogens (tertiary/aromatic N) is 2. The average molecular weight is 250 g/mol. The maximum absolute atomic E-state index is 11.7. The Morgan fingerprint density at radius 1 is 1.56 bits per heavy atom. The van der Waals surface area contributed by atoms with Gasteiger partial charge in [-0.1, -0.05) is 0 Å². The van der Waals surface area contributed by atoms with E-state index in [2.05, 4.69) is 4.98 Å². The second kappa shape index (κ2) is 5.82. The molecule has 1 amide bonds. The summed E-state index contributed by atoms with van der Waals surface area (Å²) < 4.78 is 4.98. The van der Waals surface area contributed by atoms with Crippen LogP contribution in [0.2, 0.25) is 0 Å². The Balaban J connectivity index is 1.88. The Labute approximate surface area is 106 Å². The topological polar surface area (TPSA) is 62.7 Å². The number of pyridine rings is 1. The molecule has 5 heteroatoms. The third-order valence-corrected chi connectivity index (χ3v) is 3.17. The highest BCUT2D eigenvalue weighted by atomic mass is 16.5. The van der Waals surface area contributed by atoms with Crippen LogP contribution in [-0.4, -0.2) is 47.7 Å². The van der Waals surface area contributed by atoms with E-state index in [1.807, 2.05) is 4.90 Å². The van der Waals surface area contributed by atoms with Crippen LogP contribution < -0.4 is 0 Å². The summed E-state index contributed by atoms with van der Waals surface area (Å²) in [7, 11) is 1.64. The van der Waals surface area contributed by atoms with E-state index in [1.54, 1.807) is 19.2 Å². The molecule has 1 saturated heterocycles. The predicted molar refractivity (Wildman–Crippen MR) is 66.2 cm³/mol. The molecule has 0 bridgehead atoms. The van der Waals surface area contributed by atoms with Crippen molar-refractivity contribution in [2.75, 3.05) is 26.8 Å². The van der Waals surface area contributed by atoms with Gasteiger partial charge >= 0.3 is 0 Å². The summed E-state index contributed by atoms with van der Waals surface area (Å²) in [5.74, 6) is 0.671. The first-order valence-corrected chi connectivity index (χ1v) is 6.09. The van der Waals surface area contributed by atoms with Gasteiger partial charge < -0.3 is 14.7 Å². The number of aromatic hydroxyl groups is 1. The normalized spacial score (nSPS) is 19.5. The van der Waals surface area contributed by atoms with Crippen molar-refractivity contribution in [2.24, 2.45) is 5.92 Å². The molecule has 1 aromatic heterocycles. The molecule has 0 aromatic carbocycles. The first-order valence-electron chi connectivity index (χ1n) is 6.09. The lowest BCUT2D eigenvalue weighted by atomic mass is 10.0. The SMILES string of the molecule is COCCN1CC(Cc2ccc(O)cn2)CC1=O. The maximum atomic E-state index is 11.7. The molecule has 0 saturated carbocycles. The van der Waals surface area contributed by atoms with Crippen LogP contribution in [0, 0.1) is 5.92 Å². The van der Waals surface area contributed by atoms with Crippen LogP contribution in [0.15, 0.2) is 18.3 Å². The van der Waals surface area contributed by atoms with Crippen LogP contribution >= 0.6 is 0 Å². The van der Waals surface area contributed by atoms with Gasteiger partial charge in [0, 0.05) is 32.3 Å². The van der Waals surface area contributed by atoms with Gasteiger partial charge in [-0.05, 0) is 24.5 Å². The second-order valence-electron chi connectivity index (χ2n) is 4.61. The Morgan fingerprint density at radius 2 is 2.39 bits per heavy atom. The zero-order valence-corrected chi connectivity index (χ0v) is 10.5. The molecular weight excluding hydrogens is 232 g/mol. The van der Waals surface area contributed by atoms with Crippen molar-refractivity contribution in [3.05, 3.63) is 24.0 Å². The van der Waals surface area contributed by atoms with E-state index in [-0.39, 0.29) is 11.7 Å². The molecule has 1 aliphatic rings. The highest BCUT2D eigenvalue weighted by molar-refractivity contribution is 5.78. The number of hydrogen-bond acceptors (Lipinski definition) is 4. The standard InChI is InChI=1S/C13H18N2O3/c1-18-5-4-15-9-10(7-13(15)17)6-11-2-3-12(16)8-14-11/h2-3,8,10,16H,4-7,9H2,1H3. The maximum Gasteiger partial charge on any atom is 0.223 e. The zero-order chi connectivity index (χ0) is 13.0. The summed E-state index contributed by atoms with van der Waals surface area (Å²) in [5, 5.41) is 9.16. The molecule has 1 atom stereocenters. The lowest BCUT2D eigenvalue weighted by Crippen LogP contribution is -2.28. The largest absolute Gasteiger partial charge is 0.506 e. The van der Waals surface area contributed by atoms with E-state index in [0.717, 1.165) is 18.7 Å². The third kappa shape index (κ3) is 3.20. The summed E-state index contributed by atoms with van der Waals surface area (Å²) >= 11 is 0. The van der Waals surface area contributed by atoms with Gasteiger partial charge in [0.05, 0.1) is 12.8 Å². The summed E-state index contributed by atoms with van der Waals surface area (Å²) in [6.07, 6.45) is 2.79. The molecule has 1 N–H and O–H groups in total. The first-order chi connectivity index (χ1) is 8.69. The fourth-order valence-corrected chi connectivity index (χ4v) is 2.24. The van der Waals surface area contributed by atoms with Crippen LogP contribution in [-0.2, 0) is 16.0 Å². The number of hydrogen-bond donors (Lipinski definition) is 1. The fraction of sp³-hybridized carbons (Fsp3) is 0.538. The number of aromatic nitrogens is 1. The van der Waals surface area contributed by atoms with E-state index in [9.17, 15) is 4.79 Å². The molecule has 18 heavy (non-hydrogen) atoms. The molecule has 5 nitrogen and oxygen atoms in total. The highest BCUT2D eigenvalue weighted by Gasteiger charge is 2.29. The van der Waals surface area contributed by atoms with Crippen molar-refractivity contribution >= 4 is 5.91 Å². The third-order valence-electron chi connectivity index (χ3n) is 3.17. The van der Waals surface area contributed by atoms with Crippen LogP contribution in [0.5, 0.6) is 5.75 Å². The van der Waals surface area contributed by atoms with E-state index in [4.69, 9.17) is 9.84 Å². The first kappa shape index (κ1) is 12.8. The number of rotatable bonds is 5. The van der Waals surface area contributed by atoms with E-state index >= 15 is 0 Å². The zero-order valence-electron chi connectivity index (χ0n) is 10.5. The van der Waals surface area contributed by atoms with Crippen LogP contribution in [0.1, 0.15) is 12.1 Å². The van der Waals surface area contributed by atoms with Gasteiger partial charge in [-0.2, -0.15) is 0 Å². The number of carbonyl (C=O) groups is 1. The molecule has 1 aliphatic heterocycles. The van der Waals surface area contributed by atoms with Gasteiger partial charge in [0.25, 0.3) is 0 Å². The molecule has 98 valence electrons. The summed E-state index contributed by atoms with van der Waals surface area (Å²) in [5.41, 5.74) is 0.916. The van der Waals surface area contributed by atoms with Gasteiger partial charge in [-0.25, -0.2) is 0 Å². The molecule has 2 heterocycles. The Kier molecular flexibility index (Phi) is 4.15. The second-order valence-corrected chi connectivity index (χ2v) is 4.61. The Bertz CT molecular complexity index is 405. The fourth-order valence-electron chi connectivity index (χ4n) is 2.24. The lowest BCUT2D eigenvalue weighted by molar-refractivity contribution is -0.128. The summed E-state index contributed by atoms with van der Waals surface area (Å²) in [4.78, 5) is 17.7. The van der Waals surface area contributed by atoms with Crippen LogP contribution in [0.4, 0.5) is 0 Å². The minimum absolute atomic E-state index is 0.169. The Hall–Kier alpha value is -1.62. The average Bonchev–Trinajstić information content (AvgIpc) is 2.70. The van der Waals surface area contributed by atoms with E-state index in [1.165, 1.54) is 6.20 Å². The van der Waals surface area contributed by atoms with Crippen molar-refractivity contribution < 1.29 is 14.6 Å². The van der Waals surface area contributed by atoms with Crippen molar-refractivity contribution in [3.8, 4) is 5.75 Å². The monoisotopic (exact) mass is 250 g/mol. The van der Waals surface area contributed by atoms with Crippen molar-refractivity contribution in [2.45, 2.75) is 12.8 Å². The smallest absolute Gasteiger partial charge is 0.223 e. The molecule has 0 radical (unpaired) electrons. The molecule has 0 spiro atoms. The van der Waals surface area contributed by atoms with Crippen molar-refractivity contribution in [3.63, 3.8) is 0 Å². The van der Waals surface area contributed by atoms with Gasteiger partial charge in [0.2, 0.25) is 5.91 Å². The van der Waals surface area contributed by atoms with Gasteiger partial charge in [-0.3, -0.25) is 9.78 Å². The minimum atomic E-state index is 0.169. The van der Waals surface area contributed by atoms with Crippen LogP contribution in [0.25, 0.3) is 0 Å². The van der Waals surface area contributed by atoms with Crippen molar-refractivity contribution in [1.29, 1.82) is 0 Å². The summed E-state index contributed by atoms with van der Waals surface area (Å²) in [6.45, 7) is 2.01. The molecular formula is C13H18N2O3. The van der Waals surface area contributed by atoms with E-state index in [0.29, 0.717) is 25.5 Å². The Morgan fingerprint density at radius 3 is 3.06 bits per heavy atom. The number of likely N-dealkylation sites (tertiary alicyclic amines) is 1. The molecule has 1 aromatic rings. The summed E-state index contributed by atoms with van der Waals surface area (Å²) in [6, 6.07) is 3.43. The molecule has 2 rings (SSSR count). The number of ether oxygens (including phenoxy) is 1.